The largest absolute Gasteiger partial charge is 0.309 e. The number of H-pyrrole nitrogens is 1. The maximum Gasteiger partial charge on any atom is 0.260 e. The van der Waals surface area contributed by atoms with Crippen molar-refractivity contribution < 1.29 is 0 Å². The quantitative estimate of drug-likeness (QED) is 0.489. The molecule has 0 aliphatic carbocycles. The number of aromatic amines is 1. The molecule has 0 aliphatic rings. The third kappa shape index (κ3) is 3.84. The number of rotatable bonds is 4. The molecule has 0 unspecified atom stereocenters. The van der Waals surface area contributed by atoms with E-state index in [9.17, 15) is 4.79 Å². The monoisotopic (exact) mass is 426 g/mol. The number of fused-ring (bicyclic) bond motifs is 1. The Morgan fingerprint density at radius 2 is 1.90 bits per heavy atom. The van der Waals surface area contributed by atoms with Crippen LogP contribution >= 0.6 is 23.1 Å². The molecule has 0 aliphatic heterocycles. The Morgan fingerprint density at radius 3 is 2.59 bits per heavy atom. The van der Waals surface area contributed by atoms with Crippen LogP contribution in [0.15, 0.2) is 34.2 Å². The van der Waals surface area contributed by atoms with Crippen LogP contribution < -0.4 is 5.56 Å². The normalized spacial score (nSPS) is 12.0. The Balaban J connectivity index is 1.68. The van der Waals surface area contributed by atoms with Gasteiger partial charge in [-0.15, -0.1) is 16.4 Å². The number of hydrogen-bond donors (Lipinski definition) is 1. The number of benzene rings is 1. The number of hydrogen-bond acceptors (Lipinski definition) is 7. The molecule has 0 saturated carbocycles. The molecule has 7 nitrogen and oxygen atoms in total. The van der Waals surface area contributed by atoms with Crippen molar-refractivity contribution in [3.05, 3.63) is 50.9 Å². The summed E-state index contributed by atoms with van der Waals surface area (Å²) in [4.78, 5) is 22.4. The van der Waals surface area contributed by atoms with Gasteiger partial charge in [-0.1, -0.05) is 41.6 Å². The molecule has 1 N–H and O–H groups in total. The summed E-state index contributed by atoms with van der Waals surface area (Å²) in [6, 6.07) is 8.23. The summed E-state index contributed by atoms with van der Waals surface area (Å²) in [7, 11) is 0. The first kappa shape index (κ1) is 19.8. The van der Waals surface area contributed by atoms with E-state index < -0.39 is 0 Å². The van der Waals surface area contributed by atoms with Gasteiger partial charge in [0.2, 0.25) is 5.16 Å². The third-order valence-corrected chi connectivity index (χ3v) is 6.47. The average Bonchev–Trinajstić information content (AvgIpc) is 3.25. The first-order valence-corrected chi connectivity index (χ1v) is 11.1. The van der Waals surface area contributed by atoms with Crippen molar-refractivity contribution in [3.8, 4) is 11.1 Å². The number of aryl methyl sites for hydroxylation is 2. The number of nitrogens with one attached hydrogen (secondary N) is 1. The standard InChI is InChI=1S/C20H22N6OS2/c1-11-6-8-13(9-7-11)15-12(2)29-18-16(15)17(27)21-14(22-18)10-28-19-23-24-25-26(19)20(3,4)5/h6-9H,10H2,1-5H3,(H,21,22,27). The molecule has 0 spiro atoms. The van der Waals surface area contributed by atoms with E-state index in [-0.39, 0.29) is 11.1 Å². The number of tetrazole rings is 1. The zero-order chi connectivity index (χ0) is 20.8. The molecule has 150 valence electrons. The van der Waals surface area contributed by atoms with E-state index >= 15 is 0 Å². The summed E-state index contributed by atoms with van der Waals surface area (Å²) in [6.45, 7) is 10.2. The molecule has 3 aromatic heterocycles. The van der Waals surface area contributed by atoms with Crippen LogP contribution in [-0.2, 0) is 11.3 Å². The van der Waals surface area contributed by atoms with Crippen molar-refractivity contribution in [1.82, 2.24) is 30.2 Å². The molecule has 0 atom stereocenters. The molecule has 0 radical (unpaired) electrons. The molecule has 3 heterocycles. The maximum absolute atomic E-state index is 12.9. The lowest BCUT2D eigenvalue weighted by Crippen LogP contribution is -2.24. The minimum atomic E-state index is -0.218. The van der Waals surface area contributed by atoms with Crippen LogP contribution in [0, 0.1) is 13.8 Å². The van der Waals surface area contributed by atoms with Gasteiger partial charge in [0.05, 0.1) is 16.7 Å². The number of aromatic nitrogens is 6. The lowest BCUT2D eigenvalue weighted by atomic mass is 10.0. The van der Waals surface area contributed by atoms with Gasteiger partial charge in [-0.25, -0.2) is 9.67 Å². The maximum atomic E-state index is 12.9. The van der Waals surface area contributed by atoms with Crippen LogP contribution in [0.5, 0.6) is 0 Å². The summed E-state index contributed by atoms with van der Waals surface area (Å²) in [6.07, 6.45) is 0. The van der Waals surface area contributed by atoms with Crippen molar-refractivity contribution in [2.24, 2.45) is 0 Å². The minimum Gasteiger partial charge on any atom is -0.309 e. The third-order valence-electron chi connectivity index (χ3n) is 4.54. The Labute approximate surface area is 176 Å². The van der Waals surface area contributed by atoms with Gasteiger partial charge in [-0.2, -0.15) is 0 Å². The molecule has 4 rings (SSSR count). The van der Waals surface area contributed by atoms with Crippen LogP contribution in [0.3, 0.4) is 0 Å². The summed E-state index contributed by atoms with van der Waals surface area (Å²) >= 11 is 3.01. The molecule has 9 heteroatoms. The van der Waals surface area contributed by atoms with Crippen molar-refractivity contribution in [3.63, 3.8) is 0 Å². The van der Waals surface area contributed by atoms with Gasteiger partial charge in [-0.3, -0.25) is 4.79 Å². The van der Waals surface area contributed by atoms with Gasteiger partial charge in [0, 0.05) is 10.4 Å². The second kappa shape index (κ2) is 7.38. The molecular formula is C20H22N6OS2. The van der Waals surface area contributed by atoms with Crippen molar-refractivity contribution in [1.29, 1.82) is 0 Å². The topological polar surface area (TPSA) is 89.3 Å². The van der Waals surface area contributed by atoms with Crippen LogP contribution in [0.25, 0.3) is 21.3 Å². The second-order valence-electron chi connectivity index (χ2n) is 7.92. The highest BCUT2D eigenvalue weighted by Gasteiger charge is 2.21. The van der Waals surface area contributed by atoms with Crippen molar-refractivity contribution in [2.45, 2.75) is 51.1 Å². The van der Waals surface area contributed by atoms with Gasteiger partial charge < -0.3 is 4.98 Å². The van der Waals surface area contributed by atoms with Gasteiger partial charge in [0.1, 0.15) is 10.7 Å². The molecule has 4 aromatic rings. The Kier molecular flexibility index (Phi) is 5.04. The van der Waals surface area contributed by atoms with Crippen LogP contribution in [0.2, 0.25) is 0 Å². The van der Waals surface area contributed by atoms with Crippen molar-refractivity contribution >= 4 is 33.3 Å². The SMILES string of the molecule is Cc1ccc(-c2c(C)sc3nc(CSc4nnnn4C(C)(C)C)[nH]c(=O)c23)cc1. The van der Waals surface area contributed by atoms with Crippen LogP contribution in [-0.4, -0.2) is 30.2 Å². The van der Waals surface area contributed by atoms with E-state index in [4.69, 9.17) is 4.98 Å². The molecule has 0 saturated heterocycles. The molecule has 29 heavy (non-hydrogen) atoms. The predicted octanol–water partition coefficient (Wildman–Crippen LogP) is 4.30. The smallest absolute Gasteiger partial charge is 0.260 e. The van der Waals surface area contributed by atoms with E-state index in [1.165, 1.54) is 17.3 Å². The van der Waals surface area contributed by atoms with E-state index in [2.05, 4.69) is 51.7 Å². The average molecular weight is 427 g/mol. The van der Waals surface area contributed by atoms with Gasteiger partial charge in [-0.05, 0) is 50.6 Å². The molecular weight excluding hydrogens is 404 g/mol. The van der Waals surface area contributed by atoms with Gasteiger partial charge in [0.15, 0.2) is 0 Å². The Hall–Kier alpha value is -2.52. The number of nitrogens with zero attached hydrogens (tertiary/aromatic N) is 5. The molecule has 0 bridgehead atoms. The second-order valence-corrected chi connectivity index (χ2v) is 10.1. The Bertz CT molecular complexity index is 1230. The zero-order valence-corrected chi connectivity index (χ0v) is 18.6. The summed E-state index contributed by atoms with van der Waals surface area (Å²) in [5.41, 5.74) is 2.87. The first-order valence-electron chi connectivity index (χ1n) is 9.25. The van der Waals surface area contributed by atoms with E-state index in [0.29, 0.717) is 22.1 Å². The predicted molar refractivity (Wildman–Crippen MR) is 118 cm³/mol. The first-order chi connectivity index (χ1) is 13.7. The van der Waals surface area contributed by atoms with Crippen molar-refractivity contribution in [2.75, 3.05) is 0 Å². The highest BCUT2D eigenvalue weighted by atomic mass is 32.2. The molecule has 0 amide bonds. The Morgan fingerprint density at radius 1 is 1.17 bits per heavy atom. The highest BCUT2D eigenvalue weighted by molar-refractivity contribution is 7.98. The fourth-order valence-corrected chi connectivity index (χ4v) is 5.12. The highest BCUT2D eigenvalue weighted by Crippen LogP contribution is 2.36. The number of thioether (sulfide) groups is 1. The number of thiophene rings is 1. The fraction of sp³-hybridized carbons (Fsp3) is 0.350. The summed E-state index contributed by atoms with van der Waals surface area (Å²) in [5, 5.41) is 13.3. The van der Waals surface area contributed by atoms with Gasteiger partial charge >= 0.3 is 0 Å². The summed E-state index contributed by atoms with van der Waals surface area (Å²) in [5.74, 6) is 1.10. The van der Waals surface area contributed by atoms with E-state index in [1.807, 2.05) is 27.7 Å². The minimum absolute atomic E-state index is 0.110. The fourth-order valence-electron chi connectivity index (χ4n) is 3.12. The van der Waals surface area contributed by atoms with E-state index in [0.717, 1.165) is 20.8 Å². The van der Waals surface area contributed by atoms with Gasteiger partial charge in [0.25, 0.3) is 5.56 Å². The van der Waals surface area contributed by atoms with E-state index in [1.54, 1.807) is 16.0 Å². The molecule has 1 aromatic carbocycles. The van der Waals surface area contributed by atoms with Crippen LogP contribution in [0.1, 0.15) is 37.0 Å². The van der Waals surface area contributed by atoms with Crippen LogP contribution in [0.4, 0.5) is 0 Å². The lowest BCUT2D eigenvalue weighted by Gasteiger charge is -2.19. The molecule has 0 fully saturated rings. The summed E-state index contributed by atoms with van der Waals surface area (Å²) < 4.78 is 1.78. The zero-order valence-electron chi connectivity index (χ0n) is 17.0. The lowest BCUT2D eigenvalue weighted by molar-refractivity contribution is 0.321.